The largest absolute Gasteiger partial charge is 0.315 e. The smallest absolute Gasteiger partial charge is 0.0561 e. The third-order valence-corrected chi connectivity index (χ3v) is 3.92. The van der Waals surface area contributed by atoms with E-state index in [-0.39, 0.29) is 0 Å². The molecule has 0 aliphatic carbocycles. The minimum Gasteiger partial charge on any atom is -0.315 e. The van der Waals surface area contributed by atoms with E-state index in [1.165, 1.54) is 9.35 Å². The van der Waals surface area contributed by atoms with E-state index in [1.807, 2.05) is 11.3 Å². The third kappa shape index (κ3) is 3.35. The number of thiophene rings is 1. The number of nitrogens with one attached hydrogen (secondary N) is 1. The summed E-state index contributed by atoms with van der Waals surface area (Å²) in [5.41, 5.74) is 0. The molecule has 0 radical (unpaired) electrons. The zero-order valence-electron chi connectivity index (χ0n) is 8.88. The fourth-order valence-electron chi connectivity index (χ4n) is 1.32. The van der Waals surface area contributed by atoms with Gasteiger partial charge in [0.15, 0.2) is 0 Å². The first-order chi connectivity index (χ1) is 6.65. The Morgan fingerprint density at radius 2 is 2.29 bits per heavy atom. The predicted molar refractivity (Wildman–Crippen MR) is 67.0 cm³/mol. The standard InChI is InChI=1S/C10H17BrN2S/c1-4-12-6-9(13(2)3)10-5-8(11)7-14-10/h5,7,9,12H,4,6H2,1-3H3. The fourth-order valence-corrected chi connectivity index (χ4v) is 2.96. The maximum absolute atomic E-state index is 3.49. The van der Waals surface area contributed by atoms with Gasteiger partial charge >= 0.3 is 0 Å². The topological polar surface area (TPSA) is 15.3 Å². The van der Waals surface area contributed by atoms with Gasteiger partial charge in [0.1, 0.15) is 0 Å². The van der Waals surface area contributed by atoms with Crippen LogP contribution in [0.1, 0.15) is 17.8 Å². The van der Waals surface area contributed by atoms with Gasteiger partial charge in [-0.05, 0) is 42.6 Å². The summed E-state index contributed by atoms with van der Waals surface area (Å²) < 4.78 is 1.18. The highest BCUT2D eigenvalue weighted by Gasteiger charge is 2.14. The molecule has 14 heavy (non-hydrogen) atoms. The van der Waals surface area contributed by atoms with Crippen LogP contribution in [-0.2, 0) is 0 Å². The molecule has 1 aromatic rings. The van der Waals surface area contributed by atoms with E-state index in [1.54, 1.807) is 0 Å². The van der Waals surface area contributed by atoms with Crippen LogP contribution in [0, 0.1) is 0 Å². The van der Waals surface area contributed by atoms with Crippen molar-refractivity contribution in [2.75, 3.05) is 27.2 Å². The average Bonchev–Trinajstić information content (AvgIpc) is 2.52. The minimum absolute atomic E-state index is 0.478. The van der Waals surface area contributed by atoms with Crippen molar-refractivity contribution >= 4 is 27.3 Å². The van der Waals surface area contributed by atoms with Gasteiger partial charge in [0, 0.05) is 21.3 Å². The van der Waals surface area contributed by atoms with Gasteiger partial charge in [-0.1, -0.05) is 6.92 Å². The van der Waals surface area contributed by atoms with Crippen molar-refractivity contribution in [3.63, 3.8) is 0 Å². The number of likely N-dealkylation sites (N-methyl/N-ethyl adjacent to an activating group) is 2. The summed E-state index contributed by atoms with van der Waals surface area (Å²) in [6.07, 6.45) is 0. The summed E-state index contributed by atoms with van der Waals surface area (Å²) in [5, 5.41) is 5.52. The van der Waals surface area contributed by atoms with E-state index in [0.29, 0.717) is 6.04 Å². The zero-order valence-corrected chi connectivity index (χ0v) is 11.3. The summed E-state index contributed by atoms with van der Waals surface area (Å²) >= 11 is 5.30. The van der Waals surface area contributed by atoms with E-state index in [2.05, 4.69) is 58.6 Å². The molecule has 1 N–H and O–H groups in total. The molecule has 1 unspecified atom stereocenters. The maximum Gasteiger partial charge on any atom is 0.0561 e. The quantitative estimate of drug-likeness (QED) is 0.890. The Labute approximate surface area is 98.4 Å². The van der Waals surface area contributed by atoms with E-state index in [0.717, 1.165) is 13.1 Å². The molecule has 1 atom stereocenters. The van der Waals surface area contributed by atoms with Gasteiger partial charge in [-0.2, -0.15) is 0 Å². The van der Waals surface area contributed by atoms with Gasteiger partial charge in [0.25, 0.3) is 0 Å². The highest BCUT2D eigenvalue weighted by molar-refractivity contribution is 9.10. The van der Waals surface area contributed by atoms with Gasteiger partial charge in [-0.25, -0.2) is 0 Å². The Bertz CT molecular complexity index is 273. The lowest BCUT2D eigenvalue weighted by atomic mass is 10.2. The van der Waals surface area contributed by atoms with Crippen LogP contribution in [0.15, 0.2) is 15.9 Å². The first kappa shape index (κ1) is 12.2. The fraction of sp³-hybridized carbons (Fsp3) is 0.600. The summed E-state index contributed by atoms with van der Waals surface area (Å²) in [7, 11) is 4.24. The molecule has 0 aromatic carbocycles. The Balaban J connectivity index is 2.67. The van der Waals surface area contributed by atoms with Crippen molar-refractivity contribution in [1.82, 2.24) is 10.2 Å². The number of hydrogen-bond donors (Lipinski definition) is 1. The van der Waals surface area contributed by atoms with Gasteiger partial charge in [-0.3, -0.25) is 0 Å². The van der Waals surface area contributed by atoms with Crippen LogP contribution in [0.25, 0.3) is 0 Å². The molecule has 0 spiro atoms. The highest BCUT2D eigenvalue weighted by Crippen LogP contribution is 2.27. The van der Waals surface area contributed by atoms with Crippen molar-refractivity contribution in [3.8, 4) is 0 Å². The van der Waals surface area contributed by atoms with Crippen molar-refractivity contribution in [2.24, 2.45) is 0 Å². The molecule has 1 heterocycles. The SMILES string of the molecule is CCNCC(c1cc(Br)cs1)N(C)C. The lowest BCUT2D eigenvalue weighted by Gasteiger charge is -2.23. The van der Waals surface area contributed by atoms with Crippen molar-refractivity contribution in [1.29, 1.82) is 0 Å². The molecule has 0 aliphatic heterocycles. The second kappa shape index (κ2) is 5.85. The van der Waals surface area contributed by atoms with Crippen LogP contribution in [-0.4, -0.2) is 32.1 Å². The van der Waals surface area contributed by atoms with Crippen molar-refractivity contribution in [2.45, 2.75) is 13.0 Å². The second-order valence-corrected chi connectivity index (χ2v) is 5.31. The predicted octanol–water partition coefficient (Wildman–Crippen LogP) is 2.72. The molecule has 80 valence electrons. The Morgan fingerprint density at radius 1 is 1.57 bits per heavy atom. The van der Waals surface area contributed by atoms with Gasteiger partial charge in [-0.15, -0.1) is 11.3 Å². The second-order valence-electron chi connectivity index (χ2n) is 3.45. The number of rotatable bonds is 5. The van der Waals surface area contributed by atoms with Crippen LogP contribution in [0.4, 0.5) is 0 Å². The normalized spacial score (nSPS) is 13.5. The van der Waals surface area contributed by atoms with E-state index in [9.17, 15) is 0 Å². The van der Waals surface area contributed by atoms with Crippen LogP contribution >= 0.6 is 27.3 Å². The number of nitrogens with zero attached hydrogens (tertiary/aromatic N) is 1. The van der Waals surface area contributed by atoms with Crippen molar-refractivity contribution in [3.05, 3.63) is 20.8 Å². The molecule has 0 aliphatic rings. The lowest BCUT2D eigenvalue weighted by Crippen LogP contribution is -2.30. The molecule has 0 saturated carbocycles. The molecule has 0 fully saturated rings. The average molecular weight is 277 g/mol. The first-order valence-electron chi connectivity index (χ1n) is 4.76. The molecule has 1 aromatic heterocycles. The first-order valence-corrected chi connectivity index (χ1v) is 6.43. The summed E-state index contributed by atoms with van der Waals surface area (Å²) in [6, 6.07) is 2.68. The van der Waals surface area contributed by atoms with Crippen LogP contribution in [0.2, 0.25) is 0 Å². The number of hydrogen-bond acceptors (Lipinski definition) is 3. The van der Waals surface area contributed by atoms with Crippen molar-refractivity contribution < 1.29 is 0 Å². The molecule has 0 saturated heterocycles. The number of halogens is 1. The highest BCUT2D eigenvalue weighted by atomic mass is 79.9. The third-order valence-electron chi connectivity index (χ3n) is 2.13. The monoisotopic (exact) mass is 276 g/mol. The van der Waals surface area contributed by atoms with Crippen LogP contribution in [0.3, 0.4) is 0 Å². The van der Waals surface area contributed by atoms with Crippen LogP contribution < -0.4 is 5.32 Å². The summed E-state index contributed by atoms with van der Waals surface area (Å²) in [4.78, 5) is 3.66. The summed E-state index contributed by atoms with van der Waals surface area (Å²) in [6.45, 7) is 4.17. The minimum atomic E-state index is 0.478. The maximum atomic E-state index is 3.49. The van der Waals surface area contributed by atoms with Gasteiger partial charge < -0.3 is 10.2 Å². The van der Waals surface area contributed by atoms with E-state index in [4.69, 9.17) is 0 Å². The lowest BCUT2D eigenvalue weighted by molar-refractivity contribution is 0.294. The summed E-state index contributed by atoms with van der Waals surface area (Å²) in [5.74, 6) is 0. The molecule has 1 rings (SSSR count). The Kier molecular flexibility index (Phi) is 5.09. The molecule has 0 amide bonds. The zero-order chi connectivity index (χ0) is 10.6. The molecule has 2 nitrogen and oxygen atoms in total. The molecule has 0 bridgehead atoms. The van der Waals surface area contributed by atoms with Gasteiger partial charge in [0.2, 0.25) is 0 Å². The molecule has 4 heteroatoms. The van der Waals surface area contributed by atoms with E-state index >= 15 is 0 Å². The van der Waals surface area contributed by atoms with Gasteiger partial charge in [0.05, 0.1) is 6.04 Å². The molecular weight excluding hydrogens is 260 g/mol. The molecular formula is C10H17BrN2S. The Hall–Kier alpha value is 0.1000. The van der Waals surface area contributed by atoms with E-state index < -0.39 is 0 Å². The Morgan fingerprint density at radius 3 is 2.71 bits per heavy atom. The van der Waals surface area contributed by atoms with Crippen LogP contribution in [0.5, 0.6) is 0 Å².